The molecule has 1 amide bonds. The number of carbonyl (C=O) groups is 1. The molecule has 0 aliphatic carbocycles. The molecule has 7 nitrogen and oxygen atoms in total. The minimum absolute atomic E-state index is 0.0327. The van der Waals surface area contributed by atoms with Crippen LogP contribution in [0.2, 0.25) is 0 Å². The highest BCUT2D eigenvalue weighted by atomic mass is 16.7. The van der Waals surface area contributed by atoms with Crippen LogP contribution in [0.3, 0.4) is 0 Å². The van der Waals surface area contributed by atoms with Crippen molar-refractivity contribution in [1.82, 2.24) is 9.47 Å². The molecule has 5 rings (SSSR count). The Kier molecular flexibility index (Phi) is 6.77. The van der Waals surface area contributed by atoms with Crippen LogP contribution in [0, 0.1) is 6.92 Å². The Hall–Kier alpha value is -4.39. The zero-order valence-electron chi connectivity index (χ0n) is 21.5. The Morgan fingerprint density at radius 3 is 2.43 bits per heavy atom. The molecule has 0 bridgehead atoms. The highest BCUT2D eigenvalue weighted by Crippen LogP contribution is 2.37. The van der Waals surface area contributed by atoms with E-state index in [1.54, 1.807) is 19.1 Å². The smallest absolute Gasteiger partial charge is 0.255 e. The number of hydrogen-bond donors (Lipinski definition) is 0. The lowest BCUT2D eigenvalue weighted by Gasteiger charge is -2.18. The van der Waals surface area contributed by atoms with E-state index in [0.29, 0.717) is 35.8 Å². The lowest BCUT2D eigenvalue weighted by Crippen LogP contribution is -2.29. The molecule has 0 saturated carbocycles. The van der Waals surface area contributed by atoms with Crippen molar-refractivity contribution in [3.05, 3.63) is 89.6 Å². The van der Waals surface area contributed by atoms with Crippen LogP contribution >= 0.6 is 0 Å². The van der Waals surface area contributed by atoms with Gasteiger partial charge in [-0.1, -0.05) is 36.4 Å². The molecular formula is C30H30N2O5. The number of ether oxygens (including phenoxy) is 4. The average molecular weight is 499 g/mol. The van der Waals surface area contributed by atoms with E-state index in [1.807, 2.05) is 86.8 Å². The summed E-state index contributed by atoms with van der Waals surface area (Å²) in [6.07, 6.45) is 0.691. The van der Waals surface area contributed by atoms with E-state index in [4.69, 9.17) is 18.9 Å². The highest BCUT2D eigenvalue weighted by molar-refractivity contribution is 5.97. The minimum atomic E-state index is -0.0327. The molecule has 1 aromatic heterocycles. The van der Waals surface area contributed by atoms with E-state index in [2.05, 4.69) is 4.57 Å². The van der Waals surface area contributed by atoms with Crippen molar-refractivity contribution in [2.45, 2.75) is 13.3 Å². The van der Waals surface area contributed by atoms with Crippen LogP contribution in [0.15, 0.2) is 72.8 Å². The molecule has 190 valence electrons. The number of likely N-dealkylation sites (N-methyl/N-ethyl adjacent to an activating group) is 1. The van der Waals surface area contributed by atoms with Gasteiger partial charge in [0.2, 0.25) is 6.79 Å². The molecule has 0 atom stereocenters. The van der Waals surface area contributed by atoms with E-state index in [9.17, 15) is 4.79 Å². The Balaban J connectivity index is 1.45. The predicted octanol–water partition coefficient (Wildman–Crippen LogP) is 5.51. The molecule has 0 N–H and O–H groups in total. The van der Waals surface area contributed by atoms with Gasteiger partial charge in [-0.25, -0.2) is 0 Å². The topological polar surface area (TPSA) is 62.2 Å². The van der Waals surface area contributed by atoms with E-state index in [-0.39, 0.29) is 12.7 Å². The summed E-state index contributed by atoms with van der Waals surface area (Å²) in [6, 6.07) is 23.7. The number of nitrogens with zero attached hydrogens (tertiary/aromatic N) is 2. The first-order valence-corrected chi connectivity index (χ1v) is 12.1. The van der Waals surface area contributed by atoms with Crippen molar-refractivity contribution in [2.75, 3.05) is 34.6 Å². The van der Waals surface area contributed by atoms with Crippen LogP contribution in [-0.4, -0.2) is 50.0 Å². The van der Waals surface area contributed by atoms with Crippen molar-refractivity contribution in [3.8, 4) is 39.9 Å². The van der Waals surface area contributed by atoms with E-state index in [0.717, 1.165) is 34.0 Å². The van der Waals surface area contributed by atoms with Crippen molar-refractivity contribution >= 4 is 5.91 Å². The fourth-order valence-electron chi connectivity index (χ4n) is 4.64. The summed E-state index contributed by atoms with van der Waals surface area (Å²) in [4.78, 5) is 15.4. The van der Waals surface area contributed by atoms with Gasteiger partial charge in [0, 0.05) is 31.0 Å². The highest BCUT2D eigenvalue weighted by Gasteiger charge is 2.23. The maximum absolute atomic E-state index is 13.6. The first-order chi connectivity index (χ1) is 18.0. The number of rotatable bonds is 8. The van der Waals surface area contributed by atoms with Gasteiger partial charge in [-0.15, -0.1) is 0 Å². The van der Waals surface area contributed by atoms with Crippen molar-refractivity contribution in [1.29, 1.82) is 0 Å². The fourth-order valence-corrected chi connectivity index (χ4v) is 4.64. The summed E-state index contributed by atoms with van der Waals surface area (Å²) < 4.78 is 24.0. The van der Waals surface area contributed by atoms with Crippen molar-refractivity contribution in [3.63, 3.8) is 0 Å². The Labute approximate surface area is 216 Å². The third-order valence-electron chi connectivity index (χ3n) is 6.69. The average Bonchev–Trinajstić information content (AvgIpc) is 3.55. The molecule has 4 aromatic rings. The van der Waals surface area contributed by atoms with E-state index in [1.165, 1.54) is 0 Å². The van der Waals surface area contributed by atoms with Gasteiger partial charge in [-0.05, 0) is 54.8 Å². The van der Waals surface area contributed by atoms with Gasteiger partial charge in [-0.3, -0.25) is 4.79 Å². The summed E-state index contributed by atoms with van der Waals surface area (Å²) in [5.41, 5.74) is 5.46. The standard InChI is InChI=1S/C30H30N2O5/c1-20-24(30(33)31(2)15-14-21-10-12-26(34-3)28(16-21)35-4)18-25(22-8-6-5-7-9-22)32(20)23-11-13-27-29(17-23)37-19-36-27/h5-13,16-18H,14-15,19H2,1-4H3. The molecule has 0 spiro atoms. The summed E-state index contributed by atoms with van der Waals surface area (Å²) in [5, 5.41) is 0. The molecule has 0 unspecified atom stereocenters. The van der Waals surface area contributed by atoms with Crippen LogP contribution in [0.1, 0.15) is 21.6 Å². The molecule has 2 heterocycles. The summed E-state index contributed by atoms with van der Waals surface area (Å²) in [5.74, 6) is 2.75. The molecular weight excluding hydrogens is 468 g/mol. The monoisotopic (exact) mass is 498 g/mol. The maximum Gasteiger partial charge on any atom is 0.255 e. The normalized spacial score (nSPS) is 11.9. The molecule has 1 aliphatic rings. The Bertz CT molecular complexity index is 1430. The number of benzene rings is 3. The summed E-state index contributed by atoms with van der Waals surface area (Å²) in [7, 11) is 5.07. The summed E-state index contributed by atoms with van der Waals surface area (Å²) >= 11 is 0. The van der Waals surface area contributed by atoms with Crippen molar-refractivity contribution in [2.24, 2.45) is 0 Å². The molecule has 3 aromatic carbocycles. The van der Waals surface area contributed by atoms with E-state index >= 15 is 0 Å². The number of carbonyl (C=O) groups excluding carboxylic acids is 1. The minimum Gasteiger partial charge on any atom is -0.493 e. The maximum atomic E-state index is 13.6. The zero-order valence-corrected chi connectivity index (χ0v) is 21.5. The number of fused-ring (bicyclic) bond motifs is 1. The Morgan fingerprint density at radius 1 is 0.919 bits per heavy atom. The van der Waals surface area contributed by atoms with Gasteiger partial charge in [0.15, 0.2) is 23.0 Å². The second kappa shape index (κ2) is 10.3. The number of aromatic nitrogens is 1. The predicted molar refractivity (Wildman–Crippen MR) is 142 cm³/mol. The van der Waals surface area contributed by atoms with Gasteiger partial charge < -0.3 is 28.4 Å². The second-order valence-corrected chi connectivity index (χ2v) is 8.93. The largest absolute Gasteiger partial charge is 0.493 e. The zero-order chi connectivity index (χ0) is 25.9. The molecule has 37 heavy (non-hydrogen) atoms. The quantitative estimate of drug-likeness (QED) is 0.320. The first kappa shape index (κ1) is 24.3. The van der Waals surface area contributed by atoms with Crippen molar-refractivity contribution < 1.29 is 23.7 Å². The van der Waals surface area contributed by atoms with Crippen LogP contribution in [-0.2, 0) is 6.42 Å². The molecule has 1 aliphatic heterocycles. The first-order valence-electron chi connectivity index (χ1n) is 12.1. The van der Waals surface area contributed by atoms with Crippen LogP contribution in [0.5, 0.6) is 23.0 Å². The van der Waals surface area contributed by atoms with Gasteiger partial charge >= 0.3 is 0 Å². The number of methoxy groups -OCH3 is 2. The molecule has 0 fully saturated rings. The number of amides is 1. The van der Waals surface area contributed by atoms with Gasteiger partial charge in [-0.2, -0.15) is 0 Å². The van der Waals surface area contributed by atoms with E-state index < -0.39 is 0 Å². The fraction of sp³-hybridized carbons (Fsp3) is 0.233. The van der Waals surface area contributed by atoms with Gasteiger partial charge in [0.25, 0.3) is 5.91 Å². The molecule has 0 saturated heterocycles. The third kappa shape index (κ3) is 4.72. The summed E-state index contributed by atoms with van der Waals surface area (Å²) in [6.45, 7) is 2.75. The second-order valence-electron chi connectivity index (χ2n) is 8.93. The SMILES string of the molecule is COc1ccc(CCN(C)C(=O)c2cc(-c3ccccc3)n(-c3ccc4c(c3)OCO4)c2C)cc1OC. The third-order valence-corrected chi connectivity index (χ3v) is 6.69. The van der Waals surface area contributed by atoms with Gasteiger partial charge in [0.1, 0.15) is 0 Å². The van der Waals surface area contributed by atoms with Crippen LogP contribution < -0.4 is 18.9 Å². The lowest BCUT2D eigenvalue weighted by molar-refractivity contribution is 0.0796. The van der Waals surface area contributed by atoms with Crippen LogP contribution in [0.4, 0.5) is 0 Å². The molecule has 0 radical (unpaired) electrons. The lowest BCUT2D eigenvalue weighted by atomic mass is 10.1. The van der Waals surface area contributed by atoms with Gasteiger partial charge in [0.05, 0.1) is 25.5 Å². The Morgan fingerprint density at radius 2 is 1.68 bits per heavy atom. The van der Waals surface area contributed by atoms with Crippen LogP contribution in [0.25, 0.3) is 16.9 Å². The molecule has 7 heteroatoms. The number of hydrogen-bond acceptors (Lipinski definition) is 5.